The maximum atomic E-state index is 3.78. The second-order valence-corrected chi connectivity index (χ2v) is 15.4. The third-order valence-corrected chi connectivity index (χ3v) is 9.09. The predicted octanol–water partition coefficient (Wildman–Crippen LogP) is 8.37. The quantitative estimate of drug-likeness (QED) is 0.263. The molecule has 0 fully saturated rings. The molecule has 0 radical (unpaired) electrons. The van der Waals surface area contributed by atoms with Crippen LogP contribution in [0.4, 0.5) is 11.4 Å². The molecule has 166 valence electrons. The van der Waals surface area contributed by atoms with Gasteiger partial charge in [0.05, 0.1) is 8.07 Å². The number of fused-ring (bicyclic) bond motifs is 5. The molecule has 0 saturated carbocycles. The minimum absolute atomic E-state index is 0.980. The molecule has 0 saturated heterocycles. The Balaban J connectivity index is 1.56. The first kappa shape index (κ1) is 20.9. The van der Waals surface area contributed by atoms with Crippen molar-refractivity contribution >= 4 is 35.4 Å². The van der Waals surface area contributed by atoms with E-state index in [1.54, 1.807) is 0 Å². The van der Waals surface area contributed by atoms with E-state index in [0.717, 1.165) is 12.1 Å². The summed E-state index contributed by atoms with van der Waals surface area (Å²) in [7, 11) is -1.31. The Labute approximate surface area is 203 Å². The minimum Gasteiger partial charge on any atom is -0.355 e. The monoisotopic (exact) mass is 455 g/mol. The molecule has 5 aromatic carbocycles. The molecular weight excluding hydrogens is 426 g/mol. The van der Waals surface area contributed by atoms with Crippen LogP contribution in [0.1, 0.15) is 11.1 Å². The third kappa shape index (κ3) is 3.55. The van der Waals surface area contributed by atoms with Crippen LogP contribution in [-0.4, -0.2) is 8.07 Å². The van der Waals surface area contributed by atoms with Crippen molar-refractivity contribution in [2.24, 2.45) is 0 Å². The standard InChI is InChI=1S/C32H29NSi/c1-34(2,3)26-18-16-25(17-19-26)33-30-21-24-20-23-12-7-8-13-28(23)31(24)32-27(14-9-15-29(30)32)22-10-5-4-6-11-22/h4-19,21,33H,20H2,1-3H3. The highest BCUT2D eigenvalue weighted by Crippen LogP contribution is 2.47. The Morgan fingerprint density at radius 1 is 0.647 bits per heavy atom. The van der Waals surface area contributed by atoms with E-state index in [9.17, 15) is 0 Å². The molecule has 6 rings (SSSR count). The fraction of sp³-hybridized carbons (Fsp3) is 0.125. The van der Waals surface area contributed by atoms with Crippen LogP contribution in [0.25, 0.3) is 33.0 Å². The first-order valence-corrected chi connectivity index (χ1v) is 15.6. The summed E-state index contributed by atoms with van der Waals surface area (Å²) in [5.41, 5.74) is 10.5. The first-order valence-electron chi connectivity index (χ1n) is 12.1. The maximum absolute atomic E-state index is 3.78. The number of hydrogen-bond donors (Lipinski definition) is 1. The molecule has 0 atom stereocenters. The van der Waals surface area contributed by atoms with Gasteiger partial charge in [-0.2, -0.15) is 0 Å². The van der Waals surface area contributed by atoms with Gasteiger partial charge in [-0.1, -0.05) is 110 Å². The second kappa shape index (κ2) is 8.00. The molecule has 5 aromatic rings. The van der Waals surface area contributed by atoms with Gasteiger partial charge in [-0.05, 0) is 63.4 Å². The average molecular weight is 456 g/mol. The van der Waals surface area contributed by atoms with Gasteiger partial charge >= 0.3 is 0 Å². The number of rotatable bonds is 4. The van der Waals surface area contributed by atoms with Crippen molar-refractivity contribution in [2.45, 2.75) is 26.1 Å². The predicted molar refractivity (Wildman–Crippen MR) is 150 cm³/mol. The van der Waals surface area contributed by atoms with Crippen molar-refractivity contribution in [3.63, 3.8) is 0 Å². The summed E-state index contributed by atoms with van der Waals surface area (Å²) in [5.74, 6) is 0. The fourth-order valence-electron chi connectivity index (χ4n) is 5.27. The zero-order chi connectivity index (χ0) is 23.3. The second-order valence-electron chi connectivity index (χ2n) is 10.3. The van der Waals surface area contributed by atoms with E-state index < -0.39 is 8.07 Å². The maximum Gasteiger partial charge on any atom is 0.0775 e. The summed E-state index contributed by atoms with van der Waals surface area (Å²) < 4.78 is 0. The minimum atomic E-state index is -1.31. The van der Waals surface area contributed by atoms with Crippen LogP contribution in [-0.2, 0) is 6.42 Å². The molecule has 1 nitrogen and oxygen atoms in total. The van der Waals surface area contributed by atoms with E-state index >= 15 is 0 Å². The molecule has 1 aliphatic rings. The molecule has 0 aromatic heterocycles. The van der Waals surface area contributed by atoms with Gasteiger partial charge in [-0.3, -0.25) is 0 Å². The lowest BCUT2D eigenvalue weighted by Gasteiger charge is -2.19. The van der Waals surface area contributed by atoms with Gasteiger partial charge in [0, 0.05) is 16.8 Å². The van der Waals surface area contributed by atoms with Crippen molar-refractivity contribution in [3.8, 4) is 22.3 Å². The van der Waals surface area contributed by atoms with Crippen molar-refractivity contribution in [2.75, 3.05) is 5.32 Å². The number of nitrogens with one attached hydrogen (secondary N) is 1. The van der Waals surface area contributed by atoms with E-state index in [0.29, 0.717) is 0 Å². The molecule has 0 bridgehead atoms. The average Bonchev–Trinajstić information content (AvgIpc) is 3.22. The first-order chi connectivity index (χ1) is 16.5. The van der Waals surface area contributed by atoms with Crippen molar-refractivity contribution in [1.29, 1.82) is 0 Å². The van der Waals surface area contributed by atoms with Gasteiger partial charge in [-0.25, -0.2) is 0 Å². The summed E-state index contributed by atoms with van der Waals surface area (Å²) in [5, 5.41) is 7.88. The van der Waals surface area contributed by atoms with Gasteiger partial charge in [0.1, 0.15) is 0 Å². The summed E-state index contributed by atoms with van der Waals surface area (Å²) in [4.78, 5) is 0. The third-order valence-electron chi connectivity index (χ3n) is 7.03. The highest BCUT2D eigenvalue weighted by atomic mass is 28.3. The van der Waals surface area contributed by atoms with Gasteiger partial charge in [-0.15, -0.1) is 0 Å². The van der Waals surface area contributed by atoms with E-state index in [1.165, 1.54) is 55.0 Å². The molecule has 34 heavy (non-hydrogen) atoms. The Morgan fingerprint density at radius 3 is 2.12 bits per heavy atom. The van der Waals surface area contributed by atoms with Crippen LogP contribution >= 0.6 is 0 Å². The Hall–Kier alpha value is -3.62. The van der Waals surface area contributed by atoms with E-state index in [-0.39, 0.29) is 0 Å². The van der Waals surface area contributed by atoms with E-state index in [4.69, 9.17) is 0 Å². The van der Waals surface area contributed by atoms with E-state index in [1.807, 2.05) is 0 Å². The number of benzene rings is 5. The molecule has 0 amide bonds. The van der Waals surface area contributed by atoms with Crippen molar-refractivity contribution in [3.05, 3.63) is 114 Å². The highest BCUT2D eigenvalue weighted by molar-refractivity contribution is 6.88. The zero-order valence-electron chi connectivity index (χ0n) is 20.0. The molecule has 1 N–H and O–H groups in total. The van der Waals surface area contributed by atoms with Crippen LogP contribution in [0.5, 0.6) is 0 Å². The number of hydrogen-bond acceptors (Lipinski definition) is 1. The van der Waals surface area contributed by atoms with Gasteiger partial charge in [0.15, 0.2) is 0 Å². The summed E-state index contributed by atoms with van der Waals surface area (Å²) in [6, 6.07) is 37.8. The molecule has 0 aliphatic heterocycles. The zero-order valence-corrected chi connectivity index (χ0v) is 21.0. The van der Waals surface area contributed by atoms with Crippen molar-refractivity contribution < 1.29 is 0 Å². The van der Waals surface area contributed by atoms with Crippen LogP contribution in [0.3, 0.4) is 0 Å². The Kier molecular flexibility index (Phi) is 4.93. The number of anilines is 2. The normalized spacial score (nSPS) is 12.4. The van der Waals surface area contributed by atoms with Crippen molar-refractivity contribution in [1.82, 2.24) is 0 Å². The molecular formula is C32H29NSi. The molecule has 0 unspecified atom stereocenters. The van der Waals surface area contributed by atoms with Gasteiger partial charge in [0.2, 0.25) is 0 Å². The molecule has 2 heteroatoms. The largest absolute Gasteiger partial charge is 0.355 e. The van der Waals surface area contributed by atoms with Gasteiger partial charge in [0.25, 0.3) is 0 Å². The smallest absolute Gasteiger partial charge is 0.0775 e. The Morgan fingerprint density at radius 2 is 1.35 bits per heavy atom. The molecule has 0 spiro atoms. The SMILES string of the molecule is C[Si](C)(C)c1ccc(Nc2cc3c(c4c(-c5ccccc5)cccc24)-c2ccccc2C3)cc1. The van der Waals surface area contributed by atoms with E-state index in [2.05, 4.69) is 128 Å². The van der Waals surface area contributed by atoms with Crippen LogP contribution in [0.2, 0.25) is 19.6 Å². The lowest BCUT2D eigenvalue weighted by atomic mass is 9.90. The summed E-state index contributed by atoms with van der Waals surface area (Å²) >= 11 is 0. The summed E-state index contributed by atoms with van der Waals surface area (Å²) in [6.07, 6.45) is 0.980. The molecule has 1 aliphatic carbocycles. The Bertz CT molecular complexity index is 1510. The lowest BCUT2D eigenvalue weighted by Crippen LogP contribution is -2.37. The van der Waals surface area contributed by atoms with Gasteiger partial charge < -0.3 is 5.32 Å². The molecule has 0 heterocycles. The highest BCUT2D eigenvalue weighted by Gasteiger charge is 2.24. The van der Waals surface area contributed by atoms with Crippen LogP contribution in [0.15, 0.2) is 103 Å². The van der Waals surface area contributed by atoms with Crippen LogP contribution in [0, 0.1) is 0 Å². The lowest BCUT2D eigenvalue weighted by molar-refractivity contribution is 1.27. The topological polar surface area (TPSA) is 12.0 Å². The summed E-state index contributed by atoms with van der Waals surface area (Å²) in [6.45, 7) is 7.19. The van der Waals surface area contributed by atoms with Crippen LogP contribution < -0.4 is 10.5 Å². The fourth-order valence-corrected chi connectivity index (χ4v) is 6.44.